The van der Waals surface area contributed by atoms with E-state index in [-0.39, 0.29) is 17.0 Å². The Hall–Kier alpha value is -0.310. The molecule has 3 heteroatoms. The monoisotopic (exact) mass is 284 g/mol. The van der Waals surface area contributed by atoms with Crippen LogP contribution in [0.25, 0.3) is 0 Å². The quantitative estimate of drug-likeness (QED) is 0.677. The first-order valence-corrected chi connectivity index (χ1v) is 6.52. The molecule has 2 saturated carbocycles. The number of hydrogen-bond donors (Lipinski definition) is 0. The Labute approximate surface area is 108 Å². The van der Waals surface area contributed by atoms with E-state index in [0.29, 0.717) is 0 Å². The molecule has 1 aromatic heterocycles. The third-order valence-corrected chi connectivity index (χ3v) is 4.17. The van der Waals surface area contributed by atoms with Crippen molar-refractivity contribution in [2.24, 2.45) is 0 Å². The van der Waals surface area contributed by atoms with Gasteiger partial charge in [0, 0.05) is 0 Å². The van der Waals surface area contributed by atoms with E-state index in [1.807, 2.05) is 0 Å². The van der Waals surface area contributed by atoms with Crippen LogP contribution in [0.1, 0.15) is 63.5 Å². The van der Waals surface area contributed by atoms with Gasteiger partial charge in [-0.2, -0.15) is 0 Å². The molecular formula is C13H21BrN2. The molecule has 0 aliphatic heterocycles. The van der Waals surface area contributed by atoms with Crippen LogP contribution in [0.3, 0.4) is 0 Å². The molecule has 0 amide bonds. The van der Waals surface area contributed by atoms with E-state index in [9.17, 15) is 0 Å². The number of rotatable bonds is 2. The fraction of sp³-hybridized carbons (Fsp3) is 0.769. The summed E-state index contributed by atoms with van der Waals surface area (Å²) in [4.78, 5) is 0. The summed E-state index contributed by atoms with van der Waals surface area (Å²) >= 11 is 0. The fourth-order valence-corrected chi connectivity index (χ4v) is 3.22. The molecule has 2 aliphatic carbocycles. The summed E-state index contributed by atoms with van der Waals surface area (Å²) in [5.74, 6) is 0. The van der Waals surface area contributed by atoms with Crippen LogP contribution in [0.4, 0.5) is 0 Å². The zero-order valence-electron chi connectivity index (χ0n) is 9.82. The Morgan fingerprint density at radius 2 is 1.56 bits per heavy atom. The van der Waals surface area contributed by atoms with Crippen molar-refractivity contribution in [1.29, 1.82) is 0 Å². The summed E-state index contributed by atoms with van der Waals surface area (Å²) in [5, 5.41) is 0. The second-order valence-electron chi connectivity index (χ2n) is 5.18. The maximum Gasteiger partial charge on any atom is 0.244 e. The Kier molecular flexibility index (Phi) is 4.06. The molecule has 0 N–H and O–H groups in total. The maximum atomic E-state index is 2.45. The minimum Gasteiger partial charge on any atom is -1.00 e. The Balaban J connectivity index is 0.000000963. The zero-order valence-corrected chi connectivity index (χ0v) is 11.4. The molecular weight excluding hydrogens is 264 g/mol. The van der Waals surface area contributed by atoms with E-state index in [1.54, 1.807) is 0 Å². The van der Waals surface area contributed by atoms with Crippen LogP contribution in [-0.2, 0) is 0 Å². The second kappa shape index (κ2) is 5.35. The van der Waals surface area contributed by atoms with Gasteiger partial charge in [0.2, 0.25) is 6.33 Å². The van der Waals surface area contributed by atoms with Gasteiger partial charge >= 0.3 is 0 Å². The first-order valence-electron chi connectivity index (χ1n) is 6.52. The third kappa shape index (κ3) is 2.34. The molecule has 0 spiro atoms. The topological polar surface area (TPSA) is 8.81 Å². The molecule has 2 fully saturated rings. The molecule has 0 atom stereocenters. The van der Waals surface area contributed by atoms with Crippen LogP contribution in [0.5, 0.6) is 0 Å². The van der Waals surface area contributed by atoms with Crippen molar-refractivity contribution in [1.82, 2.24) is 4.57 Å². The van der Waals surface area contributed by atoms with Gasteiger partial charge in [0.15, 0.2) is 0 Å². The van der Waals surface area contributed by atoms with Gasteiger partial charge in [0.1, 0.15) is 24.5 Å². The molecule has 3 rings (SSSR count). The highest BCUT2D eigenvalue weighted by molar-refractivity contribution is 4.80. The average molecular weight is 285 g/mol. The number of nitrogens with zero attached hydrogens (tertiary/aromatic N) is 2. The lowest BCUT2D eigenvalue weighted by Gasteiger charge is -2.05. The van der Waals surface area contributed by atoms with Gasteiger partial charge in [0.25, 0.3) is 0 Å². The van der Waals surface area contributed by atoms with Crippen molar-refractivity contribution in [3.05, 3.63) is 18.7 Å². The van der Waals surface area contributed by atoms with Crippen LogP contribution in [0.2, 0.25) is 0 Å². The van der Waals surface area contributed by atoms with E-state index in [2.05, 4.69) is 27.9 Å². The van der Waals surface area contributed by atoms with Crippen molar-refractivity contribution in [3.8, 4) is 0 Å². The lowest BCUT2D eigenvalue weighted by atomic mass is 10.2. The van der Waals surface area contributed by atoms with E-state index in [0.717, 1.165) is 12.1 Å². The number of aromatic nitrogens is 2. The second-order valence-corrected chi connectivity index (χ2v) is 5.18. The molecule has 2 aliphatic rings. The largest absolute Gasteiger partial charge is 1.00 e. The van der Waals surface area contributed by atoms with Gasteiger partial charge in [-0.1, -0.05) is 0 Å². The third-order valence-electron chi connectivity index (χ3n) is 4.17. The molecule has 0 saturated heterocycles. The standard InChI is InChI=1S/C13H21N2.BrH/c1-2-6-12(5-1)14-9-10-15(11-14)13-7-3-4-8-13;/h9-13H,1-8H2;1H/q+1;/p-1. The SMILES string of the molecule is [Br-].c1c[n+](C2CCCC2)cn1C1CCCC1. The van der Waals surface area contributed by atoms with E-state index in [1.165, 1.54) is 51.4 Å². The Morgan fingerprint density at radius 1 is 0.938 bits per heavy atom. The maximum absolute atomic E-state index is 2.45. The number of hydrogen-bond acceptors (Lipinski definition) is 0. The normalized spacial score (nSPS) is 22.5. The van der Waals surface area contributed by atoms with Crippen LogP contribution >= 0.6 is 0 Å². The van der Waals surface area contributed by atoms with Crippen LogP contribution in [0, 0.1) is 0 Å². The fourth-order valence-electron chi connectivity index (χ4n) is 3.22. The van der Waals surface area contributed by atoms with Crippen molar-refractivity contribution < 1.29 is 21.5 Å². The molecule has 1 aromatic rings. The van der Waals surface area contributed by atoms with E-state index >= 15 is 0 Å². The highest BCUT2D eigenvalue weighted by Gasteiger charge is 2.25. The summed E-state index contributed by atoms with van der Waals surface area (Å²) in [7, 11) is 0. The first kappa shape index (κ1) is 12.2. The van der Waals surface area contributed by atoms with Gasteiger partial charge in [-0.3, -0.25) is 0 Å². The molecule has 0 radical (unpaired) electrons. The molecule has 0 bridgehead atoms. The van der Waals surface area contributed by atoms with Crippen molar-refractivity contribution >= 4 is 0 Å². The predicted octanol–water partition coefficient (Wildman–Crippen LogP) is 0.00980. The average Bonchev–Trinajstić information content (AvgIpc) is 3.02. The van der Waals surface area contributed by atoms with Gasteiger partial charge in [-0.25, -0.2) is 9.13 Å². The lowest BCUT2D eigenvalue weighted by molar-refractivity contribution is -0.721. The smallest absolute Gasteiger partial charge is 0.244 e. The number of imidazole rings is 1. The van der Waals surface area contributed by atoms with Gasteiger partial charge in [0.05, 0.1) is 0 Å². The molecule has 90 valence electrons. The van der Waals surface area contributed by atoms with Gasteiger partial charge in [-0.05, 0) is 51.4 Å². The summed E-state index contributed by atoms with van der Waals surface area (Å²) in [6, 6.07) is 1.60. The first-order chi connectivity index (χ1) is 7.43. The van der Waals surface area contributed by atoms with Crippen molar-refractivity contribution in [2.45, 2.75) is 63.5 Å². The van der Waals surface area contributed by atoms with Crippen molar-refractivity contribution in [3.63, 3.8) is 0 Å². The summed E-state index contributed by atoms with van der Waals surface area (Å²) in [5.41, 5.74) is 0. The molecule has 16 heavy (non-hydrogen) atoms. The van der Waals surface area contributed by atoms with E-state index in [4.69, 9.17) is 0 Å². The molecule has 1 heterocycles. The van der Waals surface area contributed by atoms with Crippen LogP contribution in [-0.4, -0.2) is 4.57 Å². The highest BCUT2D eigenvalue weighted by atomic mass is 79.9. The summed E-state index contributed by atoms with van der Waals surface area (Å²) in [6.45, 7) is 0. The van der Waals surface area contributed by atoms with Gasteiger partial charge < -0.3 is 17.0 Å². The summed E-state index contributed by atoms with van der Waals surface area (Å²) < 4.78 is 4.90. The van der Waals surface area contributed by atoms with Crippen molar-refractivity contribution in [2.75, 3.05) is 0 Å². The van der Waals surface area contributed by atoms with E-state index < -0.39 is 0 Å². The highest BCUT2D eigenvalue weighted by Crippen LogP contribution is 2.29. The molecule has 0 unspecified atom stereocenters. The Morgan fingerprint density at radius 3 is 2.25 bits per heavy atom. The van der Waals surface area contributed by atoms with Gasteiger partial charge in [-0.15, -0.1) is 0 Å². The minimum absolute atomic E-state index is 0. The lowest BCUT2D eigenvalue weighted by Crippen LogP contribution is -3.00. The molecule has 0 aromatic carbocycles. The summed E-state index contributed by atoms with van der Waals surface area (Å²) in [6.07, 6.45) is 18.2. The number of halogens is 1. The molecule has 2 nitrogen and oxygen atoms in total. The van der Waals surface area contributed by atoms with Crippen LogP contribution in [0.15, 0.2) is 18.7 Å². The minimum atomic E-state index is 0. The van der Waals surface area contributed by atoms with Crippen LogP contribution < -0.4 is 21.5 Å². The Bertz CT molecular complexity index is 292. The zero-order chi connectivity index (χ0) is 10.1. The predicted molar refractivity (Wildman–Crippen MR) is 59.6 cm³/mol.